The fourth-order valence-corrected chi connectivity index (χ4v) is 2.64. The normalized spacial score (nSPS) is 20.8. The fraction of sp³-hybridized carbons (Fsp3) is 0.727. The maximum Gasteiger partial charge on any atom is 0.323 e. The Morgan fingerprint density at radius 3 is 3.11 bits per heavy atom. The van der Waals surface area contributed by atoms with Gasteiger partial charge in [0.05, 0.1) is 6.61 Å². The number of aromatic nitrogens is 2. The molecule has 2 rings (SSSR count). The monoisotopic (exact) mass is 270 g/mol. The number of rotatable bonds is 4. The van der Waals surface area contributed by atoms with Crippen molar-refractivity contribution in [3.05, 3.63) is 5.69 Å². The Morgan fingerprint density at radius 2 is 2.44 bits per heavy atom. The molecule has 1 atom stereocenters. The summed E-state index contributed by atoms with van der Waals surface area (Å²) in [5, 5.41) is 4.63. The highest BCUT2D eigenvalue weighted by Crippen LogP contribution is 2.23. The van der Waals surface area contributed by atoms with Gasteiger partial charge in [0.15, 0.2) is 0 Å². The van der Waals surface area contributed by atoms with Crippen LogP contribution in [0.2, 0.25) is 0 Å². The van der Waals surface area contributed by atoms with Crippen LogP contribution in [-0.4, -0.2) is 39.6 Å². The molecule has 18 heavy (non-hydrogen) atoms. The molecule has 0 amide bonds. The van der Waals surface area contributed by atoms with Gasteiger partial charge in [-0.1, -0.05) is 10.9 Å². The van der Waals surface area contributed by atoms with Gasteiger partial charge in [-0.15, -0.1) is 5.10 Å². The number of carbonyl (C=O) groups excluding carboxylic acids is 1. The van der Waals surface area contributed by atoms with Gasteiger partial charge in [-0.25, -0.2) is 0 Å². The lowest BCUT2D eigenvalue weighted by molar-refractivity contribution is -0.151. The number of hydrogen-bond acceptors (Lipinski definition) is 7. The smallest absolute Gasteiger partial charge is 0.323 e. The molecule has 1 unspecified atom stereocenters. The molecule has 6 nitrogen and oxygen atoms in total. The maximum absolute atomic E-state index is 11.9. The Hall–Kier alpha value is -1.21. The first-order chi connectivity index (χ1) is 8.72. The fourth-order valence-electron chi connectivity index (χ4n) is 2.20. The summed E-state index contributed by atoms with van der Waals surface area (Å²) in [5.41, 5.74) is 6.55. The lowest BCUT2D eigenvalue weighted by Gasteiger charge is -2.33. The Bertz CT molecular complexity index is 410. The summed E-state index contributed by atoms with van der Waals surface area (Å²) < 4.78 is 8.93. The number of carbonyl (C=O) groups is 1. The van der Waals surface area contributed by atoms with E-state index in [1.54, 1.807) is 0 Å². The van der Waals surface area contributed by atoms with E-state index >= 15 is 0 Å². The quantitative estimate of drug-likeness (QED) is 0.823. The number of anilines is 1. The van der Waals surface area contributed by atoms with Gasteiger partial charge in [0.25, 0.3) is 0 Å². The second-order valence-electron chi connectivity index (χ2n) is 4.32. The van der Waals surface area contributed by atoms with E-state index in [0.29, 0.717) is 18.2 Å². The number of hydrogen-bond donors (Lipinski definition) is 1. The van der Waals surface area contributed by atoms with E-state index in [1.165, 1.54) is 11.5 Å². The number of piperidine rings is 1. The average molecular weight is 270 g/mol. The second-order valence-corrected chi connectivity index (χ2v) is 5.10. The summed E-state index contributed by atoms with van der Waals surface area (Å²) in [4.78, 5) is 14.0. The van der Waals surface area contributed by atoms with Gasteiger partial charge in [0.2, 0.25) is 0 Å². The molecular weight excluding hydrogens is 252 g/mol. The largest absolute Gasteiger partial charge is 0.465 e. The predicted molar refractivity (Wildman–Crippen MR) is 69.0 cm³/mol. The minimum atomic E-state index is -0.167. The minimum absolute atomic E-state index is 0.140. The summed E-state index contributed by atoms with van der Waals surface area (Å²) in [7, 11) is 0. The molecule has 1 saturated heterocycles. The molecule has 100 valence electrons. The molecule has 1 aliphatic heterocycles. The van der Waals surface area contributed by atoms with Gasteiger partial charge >= 0.3 is 5.97 Å². The lowest BCUT2D eigenvalue weighted by Crippen LogP contribution is -2.45. The van der Waals surface area contributed by atoms with E-state index in [9.17, 15) is 4.79 Å². The lowest BCUT2D eigenvalue weighted by atomic mass is 10.0. The third kappa shape index (κ3) is 2.97. The van der Waals surface area contributed by atoms with Gasteiger partial charge < -0.3 is 10.5 Å². The molecule has 2 N–H and O–H groups in total. The summed E-state index contributed by atoms with van der Waals surface area (Å²) in [6.45, 7) is 3.70. The highest BCUT2D eigenvalue weighted by molar-refractivity contribution is 7.09. The van der Waals surface area contributed by atoms with Gasteiger partial charge in [-0.05, 0) is 26.3 Å². The van der Waals surface area contributed by atoms with E-state index < -0.39 is 0 Å². The van der Waals surface area contributed by atoms with Crippen molar-refractivity contribution in [2.24, 2.45) is 0 Å². The maximum atomic E-state index is 11.9. The van der Waals surface area contributed by atoms with Crippen LogP contribution in [0, 0.1) is 0 Å². The van der Waals surface area contributed by atoms with Gasteiger partial charge in [0.1, 0.15) is 16.7 Å². The standard InChI is InChI=1S/C11H18N4O2S/c1-2-17-11(16)9-5-3-4-6-15(9)7-8-10(12)18-14-13-8/h9H,2-7,12H2,1H3. The highest BCUT2D eigenvalue weighted by atomic mass is 32.1. The third-order valence-electron chi connectivity index (χ3n) is 3.11. The third-order valence-corrected chi connectivity index (χ3v) is 3.71. The molecular formula is C11H18N4O2S. The van der Waals surface area contributed by atoms with Crippen molar-refractivity contribution < 1.29 is 9.53 Å². The summed E-state index contributed by atoms with van der Waals surface area (Å²) in [6.07, 6.45) is 2.99. The first kappa shape index (κ1) is 13.2. The Morgan fingerprint density at radius 1 is 1.61 bits per heavy atom. The van der Waals surface area contributed by atoms with E-state index in [4.69, 9.17) is 10.5 Å². The number of nitrogens with two attached hydrogens (primary N) is 1. The van der Waals surface area contributed by atoms with Crippen LogP contribution in [0.15, 0.2) is 0 Å². The first-order valence-electron chi connectivity index (χ1n) is 6.19. The predicted octanol–water partition coefficient (Wildman–Crippen LogP) is 1.04. The Kier molecular flexibility index (Phi) is 4.48. The average Bonchev–Trinajstić information content (AvgIpc) is 2.76. The molecule has 7 heteroatoms. The Balaban J connectivity index is 2.04. The zero-order valence-corrected chi connectivity index (χ0v) is 11.3. The number of esters is 1. The van der Waals surface area contributed by atoms with Crippen molar-refractivity contribution in [3.8, 4) is 0 Å². The molecule has 1 aliphatic rings. The second kappa shape index (κ2) is 6.10. The van der Waals surface area contributed by atoms with Crippen molar-refractivity contribution in [3.63, 3.8) is 0 Å². The zero-order chi connectivity index (χ0) is 13.0. The molecule has 0 spiro atoms. The molecule has 1 fully saturated rings. The molecule has 0 aromatic carbocycles. The van der Waals surface area contributed by atoms with Crippen molar-refractivity contribution in [2.75, 3.05) is 18.9 Å². The van der Waals surface area contributed by atoms with Crippen molar-refractivity contribution in [1.82, 2.24) is 14.5 Å². The summed E-state index contributed by atoms with van der Waals surface area (Å²) >= 11 is 1.19. The van der Waals surface area contributed by atoms with Crippen LogP contribution in [0.4, 0.5) is 5.00 Å². The molecule has 1 aromatic heterocycles. The van der Waals surface area contributed by atoms with Crippen molar-refractivity contribution in [1.29, 1.82) is 0 Å². The van der Waals surface area contributed by atoms with Crippen molar-refractivity contribution >= 4 is 22.5 Å². The molecule has 0 saturated carbocycles. The number of ether oxygens (including phenoxy) is 1. The molecule has 1 aromatic rings. The van der Waals surface area contributed by atoms with Crippen LogP contribution >= 0.6 is 11.5 Å². The van der Waals surface area contributed by atoms with Crippen molar-refractivity contribution in [2.45, 2.75) is 38.8 Å². The molecule has 0 radical (unpaired) electrons. The van der Waals surface area contributed by atoms with Gasteiger partial charge in [-0.2, -0.15) is 0 Å². The van der Waals surface area contributed by atoms with E-state index in [1.807, 2.05) is 6.92 Å². The van der Waals surface area contributed by atoms with Gasteiger partial charge in [-0.3, -0.25) is 9.69 Å². The molecule has 2 heterocycles. The summed E-state index contributed by atoms with van der Waals surface area (Å²) in [6, 6.07) is -0.167. The van der Waals surface area contributed by atoms with E-state index in [0.717, 1.165) is 31.5 Å². The first-order valence-corrected chi connectivity index (χ1v) is 6.97. The van der Waals surface area contributed by atoms with E-state index in [2.05, 4.69) is 14.5 Å². The minimum Gasteiger partial charge on any atom is -0.465 e. The molecule has 0 aliphatic carbocycles. The zero-order valence-electron chi connectivity index (χ0n) is 10.5. The topological polar surface area (TPSA) is 81.3 Å². The number of nitrogens with zero attached hydrogens (tertiary/aromatic N) is 3. The summed E-state index contributed by atoms with van der Waals surface area (Å²) in [5.74, 6) is -0.140. The van der Waals surface area contributed by atoms with Gasteiger partial charge in [0, 0.05) is 18.1 Å². The molecule has 0 bridgehead atoms. The SMILES string of the molecule is CCOC(=O)C1CCCCN1Cc1nnsc1N. The van der Waals surface area contributed by atoms with Crippen LogP contribution in [0.5, 0.6) is 0 Å². The Labute approximate surface area is 110 Å². The van der Waals surface area contributed by atoms with Crippen LogP contribution in [0.3, 0.4) is 0 Å². The highest BCUT2D eigenvalue weighted by Gasteiger charge is 2.30. The van der Waals surface area contributed by atoms with Crippen LogP contribution < -0.4 is 5.73 Å². The van der Waals surface area contributed by atoms with Crippen LogP contribution in [0.25, 0.3) is 0 Å². The van der Waals surface area contributed by atoms with Crippen LogP contribution in [-0.2, 0) is 16.1 Å². The number of likely N-dealkylation sites (tertiary alicyclic amines) is 1. The number of nitrogen functional groups attached to an aromatic ring is 1. The van der Waals surface area contributed by atoms with Crippen LogP contribution in [0.1, 0.15) is 31.9 Å². The van der Waals surface area contributed by atoms with E-state index in [-0.39, 0.29) is 12.0 Å².